The summed E-state index contributed by atoms with van der Waals surface area (Å²) in [6, 6.07) is 3.99. The van der Waals surface area contributed by atoms with Gasteiger partial charge in [-0.25, -0.2) is 9.59 Å². The standard InChI is InChI=1S/C12H10O6/c13-9(14)6-2-4-7-3-1-5-8(11(15)16)10(7)12(17)18/h1-5H,6H2,(H,13,14)(H,15,16)(H,17,18). The number of rotatable bonds is 5. The van der Waals surface area contributed by atoms with E-state index in [2.05, 4.69) is 0 Å². The van der Waals surface area contributed by atoms with Crippen molar-refractivity contribution in [1.82, 2.24) is 0 Å². The van der Waals surface area contributed by atoms with Gasteiger partial charge >= 0.3 is 17.9 Å². The highest BCUT2D eigenvalue weighted by Gasteiger charge is 2.18. The molecule has 0 amide bonds. The molecule has 1 aromatic carbocycles. The molecule has 0 heterocycles. The number of aliphatic carboxylic acids is 1. The van der Waals surface area contributed by atoms with Crippen molar-refractivity contribution in [3.63, 3.8) is 0 Å². The molecule has 6 heteroatoms. The van der Waals surface area contributed by atoms with Crippen molar-refractivity contribution in [2.75, 3.05) is 0 Å². The van der Waals surface area contributed by atoms with Crippen LogP contribution in [-0.2, 0) is 4.79 Å². The van der Waals surface area contributed by atoms with Crippen LogP contribution in [0.4, 0.5) is 0 Å². The molecule has 0 unspecified atom stereocenters. The van der Waals surface area contributed by atoms with Crippen LogP contribution in [0.25, 0.3) is 6.08 Å². The van der Waals surface area contributed by atoms with Gasteiger partial charge in [-0.05, 0) is 11.6 Å². The van der Waals surface area contributed by atoms with Crippen molar-refractivity contribution in [2.24, 2.45) is 0 Å². The molecule has 6 nitrogen and oxygen atoms in total. The maximum absolute atomic E-state index is 11.0. The average molecular weight is 250 g/mol. The summed E-state index contributed by atoms with van der Waals surface area (Å²) in [5.41, 5.74) is -0.532. The topological polar surface area (TPSA) is 112 Å². The molecule has 0 aliphatic rings. The number of benzene rings is 1. The van der Waals surface area contributed by atoms with Crippen LogP contribution in [0, 0.1) is 0 Å². The molecule has 1 aromatic rings. The molecule has 0 bridgehead atoms. The van der Waals surface area contributed by atoms with Crippen LogP contribution >= 0.6 is 0 Å². The Bertz CT molecular complexity index is 529. The third-order valence-corrected chi connectivity index (χ3v) is 2.13. The van der Waals surface area contributed by atoms with Crippen LogP contribution in [0.1, 0.15) is 32.7 Å². The Morgan fingerprint density at radius 3 is 2.22 bits per heavy atom. The lowest BCUT2D eigenvalue weighted by Gasteiger charge is -2.05. The number of aromatic carboxylic acids is 2. The van der Waals surface area contributed by atoms with Crippen molar-refractivity contribution in [2.45, 2.75) is 6.42 Å². The summed E-state index contributed by atoms with van der Waals surface area (Å²) < 4.78 is 0. The van der Waals surface area contributed by atoms with Gasteiger partial charge in [-0.15, -0.1) is 0 Å². The van der Waals surface area contributed by atoms with Gasteiger partial charge in [-0.2, -0.15) is 0 Å². The molecule has 0 atom stereocenters. The van der Waals surface area contributed by atoms with Crippen molar-refractivity contribution in [1.29, 1.82) is 0 Å². The summed E-state index contributed by atoms with van der Waals surface area (Å²) in [7, 11) is 0. The first kappa shape index (κ1) is 13.4. The zero-order valence-electron chi connectivity index (χ0n) is 9.16. The second-order valence-electron chi connectivity index (χ2n) is 3.38. The predicted octanol–water partition coefficient (Wildman–Crippen LogP) is 1.57. The minimum atomic E-state index is -1.37. The molecule has 0 saturated heterocycles. The van der Waals surface area contributed by atoms with Gasteiger partial charge in [0, 0.05) is 0 Å². The quantitative estimate of drug-likeness (QED) is 0.731. The average Bonchev–Trinajstić information content (AvgIpc) is 2.27. The summed E-state index contributed by atoms with van der Waals surface area (Å²) in [5, 5.41) is 26.3. The second-order valence-corrected chi connectivity index (χ2v) is 3.38. The lowest BCUT2D eigenvalue weighted by Crippen LogP contribution is -2.09. The Morgan fingerprint density at radius 2 is 1.72 bits per heavy atom. The zero-order chi connectivity index (χ0) is 13.7. The van der Waals surface area contributed by atoms with E-state index in [1.807, 2.05) is 0 Å². The van der Waals surface area contributed by atoms with Crippen molar-refractivity contribution < 1.29 is 29.7 Å². The normalized spacial score (nSPS) is 10.4. The molecule has 0 spiro atoms. The predicted molar refractivity (Wildman–Crippen MR) is 61.6 cm³/mol. The van der Waals surface area contributed by atoms with E-state index in [4.69, 9.17) is 15.3 Å². The Kier molecular flexibility index (Phi) is 4.20. The number of hydrogen-bond acceptors (Lipinski definition) is 3. The van der Waals surface area contributed by atoms with Crippen LogP contribution in [0.2, 0.25) is 0 Å². The van der Waals surface area contributed by atoms with Crippen molar-refractivity contribution >= 4 is 24.0 Å². The largest absolute Gasteiger partial charge is 0.481 e. The summed E-state index contributed by atoms with van der Waals surface area (Å²) in [4.78, 5) is 32.2. The van der Waals surface area contributed by atoms with E-state index in [0.717, 1.165) is 0 Å². The summed E-state index contributed by atoms with van der Waals surface area (Å²) >= 11 is 0. The molecule has 0 aliphatic heterocycles. The van der Waals surface area contributed by atoms with Crippen LogP contribution < -0.4 is 0 Å². The molecule has 3 N–H and O–H groups in total. The molecule has 1 rings (SSSR count). The highest BCUT2D eigenvalue weighted by molar-refractivity contribution is 6.04. The first-order chi connectivity index (χ1) is 8.43. The maximum atomic E-state index is 11.0. The molecule has 0 aromatic heterocycles. The summed E-state index contributed by atoms with van der Waals surface area (Å²) in [6.07, 6.45) is 2.27. The number of carboxylic acid groups (broad SMARTS) is 3. The third-order valence-electron chi connectivity index (χ3n) is 2.13. The van der Waals surface area contributed by atoms with Gasteiger partial charge in [0.05, 0.1) is 17.5 Å². The fraction of sp³-hybridized carbons (Fsp3) is 0.0833. The van der Waals surface area contributed by atoms with Gasteiger partial charge in [0.2, 0.25) is 0 Å². The molecule has 94 valence electrons. The van der Waals surface area contributed by atoms with E-state index < -0.39 is 17.9 Å². The van der Waals surface area contributed by atoms with Gasteiger partial charge in [-0.1, -0.05) is 24.3 Å². The Morgan fingerprint density at radius 1 is 1.06 bits per heavy atom. The van der Waals surface area contributed by atoms with Gasteiger partial charge in [0.15, 0.2) is 0 Å². The first-order valence-electron chi connectivity index (χ1n) is 4.91. The molecule has 18 heavy (non-hydrogen) atoms. The minimum Gasteiger partial charge on any atom is -0.481 e. The number of hydrogen-bond donors (Lipinski definition) is 3. The number of carbonyl (C=O) groups is 3. The van der Waals surface area contributed by atoms with Gasteiger partial charge in [-0.3, -0.25) is 4.79 Å². The molecule has 0 saturated carbocycles. The molecular formula is C12H10O6. The molecular weight excluding hydrogens is 240 g/mol. The smallest absolute Gasteiger partial charge is 0.337 e. The minimum absolute atomic E-state index is 0.156. The molecule has 0 aliphatic carbocycles. The SMILES string of the molecule is O=C(O)CC=Cc1cccc(C(=O)O)c1C(=O)O. The fourth-order valence-electron chi connectivity index (χ4n) is 1.41. The summed E-state index contributed by atoms with van der Waals surface area (Å²) in [6.45, 7) is 0. The van der Waals surface area contributed by atoms with Crippen LogP contribution in [0.5, 0.6) is 0 Å². The number of carboxylic acids is 3. The van der Waals surface area contributed by atoms with Gasteiger partial charge in [0.25, 0.3) is 0 Å². The lowest BCUT2D eigenvalue weighted by molar-refractivity contribution is -0.135. The Labute approximate surface area is 102 Å². The first-order valence-corrected chi connectivity index (χ1v) is 4.91. The van der Waals surface area contributed by atoms with E-state index in [9.17, 15) is 14.4 Å². The lowest BCUT2D eigenvalue weighted by atomic mass is 10.0. The molecule has 0 radical (unpaired) electrons. The van der Waals surface area contributed by atoms with Crippen LogP contribution in [0.3, 0.4) is 0 Å². The fourth-order valence-corrected chi connectivity index (χ4v) is 1.41. The van der Waals surface area contributed by atoms with E-state index in [1.54, 1.807) is 0 Å². The van der Waals surface area contributed by atoms with E-state index in [1.165, 1.54) is 30.4 Å². The highest BCUT2D eigenvalue weighted by Crippen LogP contribution is 2.17. The highest BCUT2D eigenvalue weighted by atomic mass is 16.4. The van der Waals surface area contributed by atoms with Crippen LogP contribution in [-0.4, -0.2) is 33.2 Å². The monoisotopic (exact) mass is 250 g/mol. The molecule has 0 fully saturated rings. The van der Waals surface area contributed by atoms with Crippen molar-refractivity contribution in [3.05, 3.63) is 41.0 Å². The van der Waals surface area contributed by atoms with Gasteiger partial charge < -0.3 is 15.3 Å². The Balaban J connectivity index is 3.23. The summed E-state index contributed by atoms with van der Waals surface area (Å²) in [5.74, 6) is -3.78. The van der Waals surface area contributed by atoms with Gasteiger partial charge in [0.1, 0.15) is 0 Å². The zero-order valence-corrected chi connectivity index (χ0v) is 9.16. The van der Waals surface area contributed by atoms with E-state index in [0.29, 0.717) is 0 Å². The Hall–Kier alpha value is -2.63. The van der Waals surface area contributed by atoms with Crippen LogP contribution in [0.15, 0.2) is 24.3 Å². The van der Waals surface area contributed by atoms with Crippen molar-refractivity contribution in [3.8, 4) is 0 Å². The second kappa shape index (κ2) is 5.62. The van der Waals surface area contributed by atoms with E-state index >= 15 is 0 Å². The third kappa shape index (κ3) is 3.18. The van der Waals surface area contributed by atoms with E-state index in [-0.39, 0.29) is 23.1 Å². The maximum Gasteiger partial charge on any atom is 0.337 e.